The summed E-state index contributed by atoms with van der Waals surface area (Å²) in [5.74, 6) is 2.04. The first-order valence-corrected chi connectivity index (χ1v) is 25.8. The van der Waals surface area contributed by atoms with Gasteiger partial charge in [0.2, 0.25) is 0 Å². The summed E-state index contributed by atoms with van der Waals surface area (Å²) in [4.78, 5) is 9.76. The van der Waals surface area contributed by atoms with Crippen LogP contribution in [0.1, 0.15) is 118 Å². The van der Waals surface area contributed by atoms with E-state index < -0.39 is 0 Å². The van der Waals surface area contributed by atoms with Crippen LogP contribution in [-0.4, -0.2) is 9.55 Å². The number of hydrogen-bond donors (Lipinski definition) is 0. The van der Waals surface area contributed by atoms with E-state index in [0.717, 1.165) is 50.1 Å². The van der Waals surface area contributed by atoms with E-state index >= 15 is 0 Å². The third-order valence-electron chi connectivity index (χ3n) is 14.8. The Morgan fingerprint density at radius 1 is 0.446 bits per heavy atom. The van der Waals surface area contributed by atoms with Gasteiger partial charge in [-0.3, -0.25) is 0 Å². The molecule has 0 atom stereocenters. The van der Waals surface area contributed by atoms with Gasteiger partial charge in [0.15, 0.2) is 0 Å². The number of para-hydroxylation sites is 1. The van der Waals surface area contributed by atoms with Gasteiger partial charge >= 0.3 is 0 Å². The fraction of sp³-hybridized carbons (Fsp3) is 0.265. The van der Waals surface area contributed by atoms with Gasteiger partial charge in [0.1, 0.15) is 5.82 Å². The molecule has 0 aliphatic carbocycles. The van der Waals surface area contributed by atoms with Crippen LogP contribution < -0.4 is 14.5 Å². The topological polar surface area (TPSA) is 33.5 Å². The molecule has 3 heterocycles. The Kier molecular flexibility index (Phi) is 13.8. The van der Waals surface area contributed by atoms with Crippen molar-refractivity contribution in [3.05, 3.63) is 234 Å². The molecule has 5 nitrogen and oxygen atoms in total. The molecular formula is C68H69N4OPt-3. The fourth-order valence-corrected chi connectivity index (χ4v) is 10.6. The second kappa shape index (κ2) is 19.5. The van der Waals surface area contributed by atoms with Crippen LogP contribution in [0.25, 0.3) is 38.8 Å². The molecule has 74 heavy (non-hydrogen) atoms. The molecule has 0 radical (unpaired) electrons. The van der Waals surface area contributed by atoms with Crippen LogP contribution in [0.15, 0.2) is 187 Å². The molecule has 0 amide bonds. The number of ether oxygens (including phenoxy) is 1. The van der Waals surface area contributed by atoms with Gasteiger partial charge in [-0.1, -0.05) is 211 Å². The molecule has 0 spiro atoms. The number of aromatic nitrogens is 2. The van der Waals surface area contributed by atoms with E-state index in [1.807, 2.05) is 12.3 Å². The summed E-state index contributed by atoms with van der Waals surface area (Å²) >= 11 is 0. The minimum absolute atomic E-state index is 0. The average molecular weight is 1150 g/mol. The quantitative estimate of drug-likeness (QED) is 0.128. The zero-order valence-corrected chi connectivity index (χ0v) is 47.6. The van der Waals surface area contributed by atoms with E-state index in [0.29, 0.717) is 11.5 Å². The molecule has 2 aromatic heterocycles. The third-order valence-corrected chi connectivity index (χ3v) is 14.8. The zero-order chi connectivity index (χ0) is 51.7. The Hall–Kier alpha value is -6.68. The predicted octanol–water partition coefficient (Wildman–Crippen LogP) is 17.9. The van der Waals surface area contributed by atoms with E-state index in [-0.39, 0.29) is 48.1 Å². The Balaban J connectivity index is 0.00000672. The number of hydrogen-bond acceptors (Lipinski definition) is 4. The first kappa shape index (κ1) is 52.2. The zero-order valence-electron chi connectivity index (χ0n) is 45.3. The van der Waals surface area contributed by atoms with E-state index in [1.54, 1.807) is 0 Å². The second-order valence-electron chi connectivity index (χ2n) is 24.0. The molecule has 1 aliphatic rings. The summed E-state index contributed by atoms with van der Waals surface area (Å²) in [5, 5.41) is 2.22. The SMILES string of the molecule is CC(C)(C)C1=C(C(C)(C)C)N(c2cc(C(C)(C)c3ccccc3)cc(C(C)(C)c3ccccc3)c2)[CH-]N1c1[c-]c(Oc2[c-]c3c(cc2)c2ccccc2n3-c2cc(C(C)(C)C)ccn2)cc(-c2ccccc2)c1.[Pt]. The molecule has 6 heteroatoms. The summed E-state index contributed by atoms with van der Waals surface area (Å²) in [5.41, 5.74) is 13.6. The van der Waals surface area contributed by atoms with Crippen molar-refractivity contribution in [2.45, 2.75) is 106 Å². The van der Waals surface area contributed by atoms with Crippen LogP contribution in [0.5, 0.6) is 11.5 Å². The van der Waals surface area contributed by atoms with Crippen LogP contribution in [-0.2, 0) is 37.3 Å². The first-order chi connectivity index (χ1) is 34.6. The molecule has 380 valence electrons. The number of rotatable bonds is 10. The number of pyridine rings is 1. The monoisotopic (exact) mass is 1150 g/mol. The van der Waals surface area contributed by atoms with Crippen molar-refractivity contribution >= 4 is 33.2 Å². The summed E-state index contributed by atoms with van der Waals surface area (Å²) in [7, 11) is 0. The third kappa shape index (κ3) is 9.89. The van der Waals surface area contributed by atoms with Crippen LogP contribution in [0, 0.1) is 29.6 Å². The summed E-state index contributed by atoms with van der Waals surface area (Å²) < 4.78 is 9.23. The fourth-order valence-electron chi connectivity index (χ4n) is 10.6. The van der Waals surface area contributed by atoms with Gasteiger partial charge in [-0.25, -0.2) is 4.98 Å². The molecule has 0 fully saturated rings. The van der Waals surface area contributed by atoms with Gasteiger partial charge in [0, 0.05) is 83.0 Å². The maximum Gasteiger partial charge on any atom is 0.135 e. The van der Waals surface area contributed by atoms with E-state index in [1.165, 1.54) is 39.2 Å². The van der Waals surface area contributed by atoms with Crippen LogP contribution in [0.3, 0.4) is 0 Å². The van der Waals surface area contributed by atoms with E-state index in [9.17, 15) is 0 Å². The number of anilines is 2. The predicted molar refractivity (Wildman–Crippen MR) is 306 cm³/mol. The Labute approximate surface area is 455 Å². The molecular weight excluding hydrogens is 1080 g/mol. The van der Waals surface area contributed by atoms with Crippen LogP contribution in [0.2, 0.25) is 0 Å². The largest absolute Gasteiger partial charge is 0.509 e. The van der Waals surface area contributed by atoms with Crippen molar-refractivity contribution in [1.82, 2.24) is 9.55 Å². The van der Waals surface area contributed by atoms with E-state index in [4.69, 9.17) is 9.72 Å². The van der Waals surface area contributed by atoms with Crippen molar-refractivity contribution in [2.75, 3.05) is 9.80 Å². The molecule has 0 saturated carbocycles. The Bertz CT molecular complexity index is 3440. The second-order valence-corrected chi connectivity index (χ2v) is 24.0. The normalized spacial score (nSPS) is 13.7. The standard InChI is InChI=1S/C68H69N4O.Pt/c1-64(2,3)50-35-36-69-61(42-50)72-59-32-24-23-31-57(59)58-34-33-55(44-60(58)72)73-56-38-47(46-25-17-14-18-26-46)37-53(43-56)70-45-71(63(66(7,8)9)62(70)65(4,5)6)54-40-51(67(10,11)48-27-19-15-20-28-48)39-52(41-54)68(12,13)49-29-21-16-22-30-49;/h14-42,45H,1-13H3;/q-3;. The molecule has 7 aromatic carbocycles. The number of nitrogens with zero attached hydrogens (tertiary/aromatic N) is 4. The summed E-state index contributed by atoms with van der Waals surface area (Å²) in [6, 6.07) is 68.6. The Morgan fingerprint density at radius 3 is 1.58 bits per heavy atom. The van der Waals surface area contributed by atoms with Gasteiger partial charge in [0.05, 0.1) is 0 Å². The molecule has 10 rings (SSSR count). The van der Waals surface area contributed by atoms with Crippen molar-refractivity contribution in [3.63, 3.8) is 0 Å². The molecule has 0 N–H and O–H groups in total. The number of allylic oxidation sites excluding steroid dienone is 2. The Morgan fingerprint density at radius 2 is 1.00 bits per heavy atom. The first-order valence-electron chi connectivity index (χ1n) is 25.8. The minimum atomic E-state index is -0.290. The van der Waals surface area contributed by atoms with Crippen molar-refractivity contribution in [2.24, 2.45) is 10.8 Å². The van der Waals surface area contributed by atoms with Crippen molar-refractivity contribution in [3.8, 4) is 28.4 Å². The van der Waals surface area contributed by atoms with Gasteiger partial charge in [-0.2, -0.15) is 6.07 Å². The number of fused-ring (bicyclic) bond motifs is 3. The molecule has 1 aliphatic heterocycles. The van der Waals surface area contributed by atoms with Crippen LogP contribution >= 0.6 is 0 Å². The van der Waals surface area contributed by atoms with Gasteiger partial charge in [-0.15, -0.1) is 53.6 Å². The van der Waals surface area contributed by atoms with Gasteiger partial charge in [-0.05, 0) is 74.5 Å². The van der Waals surface area contributed by atoms with Crippen molar-refractivity contribution < 1.29 is 25.8 Å². The molecule has 0 bridgehead atoms. The molecule has 9 aromatic rings. The maximum atomic E-state index is 7.02. The average Bonchev–Trinajstić information content (AvgIpc) is 3.95. The summed E-state index contributed by atoms with van der Waals surface area (Å²) in [6.45, 7) is 32.4. The number of benzene rings is 7. The summed E-state index contributed by atoms with van der Waals surface area (Å²) in [6.07, 6.45) is 1.91. The van der Waals surface area contributed by atoms with Gasteiger partial charge in [0.25, 0.3) is 0 Å². The smallest absolute Gasteiger partial charge is 0.135 e. The van der Waals surface area contributed by atoms with Gasteiger partial charge < -0.3 is 19.1 Å². The van der Waals surface area contributed by atoms with Crippen LogP contribution in [0.4, 0.5) is 11.4 Å². The minimum Gasteiger partial charge on any atom is -0.509 e. The molecule has 0 unspecified atom stereocenters. The van der Waals surface area contributed by atoms with Crippen molar-refractivity contribution in [1.29, 1.82) is 0 Å². The van der Waals surface area contributed by atoms with E-state index in [2.05, 4.69) is 287 Å². The maximum absolute atomic E-state index is 7.02. The molecule has 0 saturated heterocycles.